The van der Waals surface area contributed by atoms with Crippen LogP contribution in [-0.2, 0) is 4.74 Å². The van der Waals surface area contributed by atoms with Crippen molar-refractivity contribution in [3.63, 3.8) is 0 Å². The van der Waals surface area contributed by atoms with Gasteiger partial charge in [-0.3, -0.25) is 0 Å². The molecule has 1 saturated heterocycles. The van der Waals surface area contributed by atoms with Gasteiger partial charge in [-0.1, -0.05) is 13.8 Å². The van der Waals surface area contributed by atoms with E-state index in [4.69, 9.17) is 4.74 Å². The second kappa shape index (κ2) is 2.43. The van der Waals surface area contributed by atoms with Crippen molar-refractivity contribution < 1.29 is 9.84 Å². The third-order valence-corrected chi connectivity index (χ3v) is 5.42. The smallest absolute Gasteiger partial charge is 0.172 e. The average Bonchev–Trinajstić information content (AvgIpc) is 2.56. The minimum atomic E-state index is -0.834. The Balaban J connectivity index is 2.10. The summed E-state index contributed by atoms with van der Waals surface area (Å²) in [6, 6.07) is 0. The van der Waals surface area contributed by atoms with Gasteiger partial charge in [0.2, 0.25) is 0 Å². The monoisotopic (exact) mass is 210 g/mol. The minimum Gasteiger partial charge on any atom is -0.365 e. The molecule has 0 spiro atoms. The van der Waals surface area contributed by atoms with Crippen molar-refractivity contribution in [2.24, 2.45) is 23.2 Å². The Labute approximate surface area is 92.0 Å². The maximum absolute atomic E-state index is 10.8. The third-order valence-electron chi connectivity index (χ3n) is 5.42. The summed E-state index contributed by atoms with van der Waals surface area (Å²) in [5, 5.41) is 10.8. The SMILES string of the molecule is C[C@H]1C[C@@]2(C)CC[C@@H]3[C@H]2[C@@]1(O)OC3(C)C. The number of ether oxygens (including phenoxy) is 1. The fraction of sp³-hybridized carbons (Fsp3) is 1.00. The van der Waals surface area contributed by atoms with Crippen LogP contribution >= 0.6 is 0 Å². The van der Waals surface area contributed by atoms with Crippen LogP contribution in [0, 0.1) is 23.2 Å². The zero-order valence-electron chi connectivity index (χ0n) is 10.2. The Morgan fingerprint density at radius 1 is 1.27 bits per heavy atom. The maximum Gasteiger partial charge on any atom is 0.172 e. The van der Waals surface area contributed by atoms with Gasteiger partial charge in [0, 0.05) is 11.8 Å². The van der Waals surface area contributed by atoms with E-state index in [1.165, 1.54) is 12.8 Å². The first-order valence-corrected chi connectivity index (χ1v) is 6.22. The molecule has 0 radical (unpaired) electrons. The highest BCUT2D eigenvalue weighted by Gasteiger charge is 2.72. The van der Waals surface area contributed by atoms with Gasteiger partial charge in [0.15, 0.2) is 5.79 Å². The molecular formula is C13H22O2. The molecule has 2 saturated carbocycles. The third kappa shape index (κ3) is 0.980. The first-order chi connectivity index (χ1) is 6.80. The van der Waals surface area contributed by atoms with Gasteiger partial charge in [-0.05, 0) is 44.4 Å². The van der Waals surface area contributed by atoms with Crippen molar-refractivity contribution in [1.82, 2.24) is 0 Å². The molecule has 5 atom stereocenters. The van der Waals surface area contributed by atoms with Crippen molar-refractivity contribution in [1.29, 1.82) is 0 Å². The molecule has 1 aliphatic heterocycles. The van der Waals surface area contributed by atoms with Gasteiger partial charge in [-0.25, -0.2) is 0 Å². The van der Waals surface area contributed by atoms with Crippen LogP contribution < -0.4 is 0 Å². The van der Waals surface area contributed by atoms with Gasteiger partial charge in [-0.15, -0.1) is 0 Å². The fourth-order valence-corrected chi connectivity index (χ4v) is 4.87. The second-order valence-corrected chi connectivity index (χ2v) is 6.84. The minimum absolute atomic E-state index is 0.133. The summed E-state index contributed by atoms with van der Waals surface area (Å²) in [4.78, 5) is 0. The molecule has 0 amide bonds. The molecule has 86 valence electrons. The normalized spacial score (nSPS) is 61.0. The molecule has 0 aromatic carbocycles. The van der Waals surface area contributed by atoms with Crippen LogP contribution in [0.5, 0.6) is 0 Å². The molecule has 0 bridgehead atoms. The van der Waals surface area contributed by atoms with Crippen molar-refractivity contribution in [3.05, 3.63) is 0 Å². The molecule has 0 aromatic rings. The van der Waals surface area contributed by atoms with Gasteiger partial charge >= 0.3 is 0 Å². The lowest BCUT2D eigenvalue weighted by Gasteiger charge is -2.30. The van der Waals surface area contributed by atoms with Crippen LogP contribution in [0.4, 0.5) is 0 Å². The number of aliphatic hydroxyl groups is 1. The molecule has 3 aliphatic rings. The Hall–Kier alpha value is -0.0800. The van der Waals surface area contributed by atoms with Gasteiger partial charge in [0.25, 0.3) is 0 Å². The Morgan fingerprint density at radius 2 is 1.93 bits per heavy atom. The zero-order chi connectivity index (χ0) is 11.1. The van der Waals surface area contributed by atoms with Crippen LogP contribution in [0.2, 0.25) is 0 Å². The molecule has 2 heteroatoms. The second-order valence-electron chi connectivity index (χ2n) is 6.84. The van der Waals surface area contributed by atoms with E-state index >= 15 is 0 Å². The highest BCUT2D eigenvalue weighted by atomic mass is 16.6. The van der Waals surface area contributed by atoms with Crippen molar-refractivity contribution >= 4 is 0 Å². The Kier molecular flexibility index (Phi) is 1.64. The van der Waals surface area contributed by atoms with Crippen molar-refractivity contribution in [2.45, 2.75) is 58.3 Å². The first-order valence-electron chi connectivity index (χ1n) is 6.22. The highest BCUT2D eigenvalue weighted by Crippen LogP contribution is 2.69. The van der Waals surface area contributed by atoms with E-state index < -0.39 is 5.79 Å². The van der Waals surface area contributed by atoms with E-state index in [1.54, 1.807) is 0 Å². The molecule has 2 nitrogen and oxygen atoms in total. The summed E-state index contributed by atoms with van der Waals surface area (Å²) in [7, 11) is 0. The average molecular weight is 210 g/mol. The summed E-state index contributed by atoms with van der Waals surface area (Å²) in [5.41, 5.74) is 0.193. The molecule has 3 rings (SSSR count). The summed E-state index contributed by atoms with van der Waals surface area (Å²) in [6.45, 7) is 8.78. The van der Waals surface area contributed by atoms with E-state index in [2.05, 4.69) is 27.7 Å². The van der Waals surface area contributed by atoms with Crippen LogP contribution in [0.15, 0.2) is 0 Å². The van der Waals surface area contributed by atoms with E-state index in [-0.39, 0.29) is 11.5 Å². The molecule has 0 aromatic heterocycles. The standard InChI is InChI=1S/C13H22O2/c1-8-7-12(4)6-5-9-10(12)13(8,14)15-11(9,2)3/h8-10,14H,5-7H2,1-4H3/t8-,9+,10+,12+,13-/m0/s1. The van der Waals surface area contributed by atoms with E-state index in [0.717, 1.165) is 6.42 Å². The predicted molar refractivity (Wildman–Crippen MR) is 58.2 cm³/mol. The van der Waals surface area contributed by atoms with Crippen LogP contribution in [0.25, 0.3) is 0 Å². The van der Waals surface area contributed by atoms with Crippen molar-refractivity contribution in [2.75, 3.05) is 0 Å². The summed E-state index contributed by atoms with van der Waals surface area (Å²) < 4.78 is 6.03. The molecule has 3 fully saturated rings. The van der Waals surface area contributed by atoms with E-state index in [1.807, 2.05) is 0 Å². The number of hydrogen-bond acceptors (Lipinski definition) is 2. The van der Waals surface area contributed by atoms with Crippen LogP contribution in [0.3, 0.4) is 0 Å². The van der Waals surface area contributed by atoms with Gasteiger partial charge in [-0.2, -0.15) is 0 Å². The zero-order valence-corrected chi connectivity index (χ0v) is 10.2. The van der Waals surface area contributed by atoms with E-state index in [9.17, 15) is 5.11 Å². The molecular weight excluding hydrogens is 188 g/mol. The fourth-order valence-electron chi connectivity index (χ4n) is 4.87. The Morgan fingerprint density at radius 3 is 2.60 bits per heavy atom. The molecule has 15 heavy (non-hydrogen) atoms. The summed E-state index contributed by atoms with van der Waals surface area (Å²) >= 11 is 0. The topological polar surface area (TPSA) is 29.5 Å². The maximum atomic E-state index is 10.8. The lowest BCUT2D eigenvalue weighted by atomic mass is 9.76. The van der Waals surface area contributed by atoms with Gasteiger partial charge in [0.1, 0.15) is 0 Å². The van der Waals surface area contributed by atoms with Crippen molar-refractivity contribution in [3.8, 4) is 0 Å². The number of rotatable bonds is 0. The number of hydrogen-bond donors (Lipinski definition) is 1. The molecule has 0 unspecified atom stereocenters. The molecule has 2 aliphatic carbocycles. The summed E-state index contributed by atoms with van der Waals surface area (Å²) in [6.07, 6.45) is 3.62. The Bertz CT molecular complexity index is 312. The first kappa shape index (κ1) is 10.1. The quantitative estimate of drug-likeness (QED) is 0.666. The predicted octanol–water partition coefficient (Wildman–Crippen LogP) is 2.56. The summed E-state index contributed by atoms with van der Waals surface area (Å²) in [5.74, 6) is 0.379. The molecule has 1 heterocycles. The lowest BCUT2D eigenvalue weighted by molar-refractivity contribution is -0.247. The largest absolute Gasteiger partial charge is 0.365 e. The molecule has 1 N–H and O–H groups in total. The highest BCUT2D eigenvalue weighted by molar-refractivity contribution is 5.16. The van der Waals surface area contributed by atoms with Gasteiger partial charge < -0.3 is 9.84 Å². The van der Waals surface area contributed by atoms with Crippen LogP contribution in [-0.4, -0.2) is 16.5 Å². The van der Waals surface area contributed by atoms with Crippen LogP contribution in [0.1, 0.15) is 47.0 Å². The van der Waals surface area contributed by atoms with Gasteiger partial charge in [0.05, 0.1) is 5.60 Å². The lowest BCUT2D eigenvalue weighted by Crippen LogP contribution is -2.39. The van der Waals surface area contributed by atoms with E-state index in [0.29, 0.717) is 17.3 Å².